The topological polar surface area (TPSA) is 60.5 Å². The Bertz CT molecular complexity index is 638. The van der Waals surface area contributed by atoms with E-state index in [1.165, 1.54) is 11.3 Å². The molecule has 1 amide bonds. The van der Waals surface area contributed by atoms with E-state index in [1.54, 1.807) is 37.8 Å². The van der Waals surface area contributed by atoms with Crippen LogP contribution < -0.4 is 14.8 Å². The number of ether oxygens (including phenoxy) is 2. The van der Waals surface area contributed by atoms with Gasteiger partial charge >= 0.3 is 0 Å². The van der Waals surface area contributed by atoms with E-state index in [0.29, 0.717) is 28.8 Å². The fourth-order valence-corrected chi connectivity index (χ4v) is 2.58. The van der Waals surface area contributed by atoms with Crippen LogP contribution in [0.25, 0.3) is 0 Å². The number of hydrogen-bond donors (Lipinski definition) is 1. The molecule has 5 nitrogen and oxygen atoms in total. The highest BCUT2D eigenvalue weighted by Gasteiger charge is 2.13. The van der Waals surface area contributed by atoms with Crippen LogP contribution in [0.1, 0.15) is 35.3 Å². The number of carbonyl (C=O) groups excluding carboxylic acids is 1. The van der Waals surface area contributed by atoms with E-state index in [-0.39, 0.29) is 5.91 Å². The first-order valence-corrected chi connectivity index (χ1v) is 7.42. The average molecular weight is 306 g/mol. The third-order valence-corrected chi connectivity index (χ3v) is 4.04. The Kier molecular flexibility index (Phi) is 4.80. The first-order chi connectivity index (χ1) is 10.0. The van der Waals surface area contributed by atoms with Crippen molar-refractivity contribution in [1.82, 2.24) is 4.98 Å². The molecular formula is C15H18N2O3S. The Hall–Kier alpha value is -2.08. The fraction of sp³-hybridized carbons (Fsp3) is 0.333. The van der Waals surface area contributed by atoms with Crippen LogP contribution in [0.2, 0.25) is 0 Å². The third-order valence-electron chi connectivity index (χ3n) is 2.89. The first kappa shape index (κ1) is 15.3. The van der Waals surface area contributed by atoms with Gasteiger partial charge in [0.05, 0.1) is 19.2 Å². The van der Waals surface area contributed by atoms with Crippen LogP contribution in [-0.4, -0.2) is 25.1 Å². The van der Waals surface area contributed by atoms with Crippen molar-refractivity contribution < 1.29 is 14.3 Å². The SMILES string of the molecule is COc1ccc(NC(=O)c2csc(C(C)C)n2)cc1OC. The summed E-state index contributed by atoms with van der Waals surface area (Å²) in [6, 6.07) is 5.22. The lowest BCUT2D eigenvalue weighted by Gasteiger charge is -2.10. The summed E-state index contributed by atoms with van der Waals surface area (Å²) in [5.41, 5.74) is 1.07. The Balaban J connectivity index is 2.15. The molecule has 2 aromatic rings. The molecule has 1 N–H and O–H groups in total. The zero-order chi connectivity index (χ0) is 15.4. The molecule has 112 valence electrons. The highest BCUT2D eigenvalue weighted by Crippen LogP contribution is 2.30. The fourth-order valence-electron chi connectivity index (χ4n) is 1.77. The van der Waals surface area contributed by atoms with Crippen LogP contribution in [0.4, 0.5) is 5.69 Å². The minimum atomic E-state index is -0.231. The predicted molar refractivity (Wildman–Crippen MR) is 83.7 cm³/mol. The van der Waals surface area contributed by atoms with E-state index < -0.39 is 0 Å². The number of aromatic nitrogens is 1. The van der Waals surface area contributed by atoms with Crippen LogP contribution >= 0.6 is 11.3 Å². The largest absolute Gasteiger partial charge is 0.493 e. The molecule has 0 saturated heterocycles. The number of nitrogens with one attached hydrogen (secondary N) is 1. The van der Waals surface area contributed by atoms with E-state index in [9.17, 15) is 4.79 Å². The van der Waals surface area contributed by atoms with Crippen molar-refractivity contribution in [2.24, 2.45) is 0 Å². The number of amides is 1. The molecule has 0 atom stereocenters. The van der Waals surface area contributed by atoms with Gasteiger partial charge in [-0.05, 0) is 12.1 Å². The Morgan fingerprint density at radius 3 is 2.52 bits per heavy atom. The summed E-state index contributed by atoms with van der Waals surface area (Å²) in [4.78, 5) is 16.5. The second-order valence-corrected chi connectivity index (χ2v) is 5.64. The summed E-state index contributed by atoms with van der Waals surface area (Å²) in [5, 5.41) is 5.53. The van der Waals surface area contributed by atoms with Gasteiger partial charge in [0.25, 0.3) is 5.91 Å². The number of hydrogen-bond acceptors (Lipinski definition) is 5. The lowest BCUT2D eigenvalue weighted by molar-refractivity contribution is 0.102. The minimum Gasteiger partial charge on any atom is -0.493 e. The van der Waals surface area contributed by atoms with Crippen LogP contribution in [0.15, 0.2) is 23.6 Å². The van der Waals surface area contributed by atoms with Crippen molar-refractivity contribution in [3.05, 3.63) is 34.3 Å². The summed E-state index contributed by atoms with van der Waals surface area (Å²) in [5.74, 6) is 1.27. The van der Waals surface area contributed by atoms with Gasteiger partial charge in [-0.15, -0.1) is 11.3 Å². The number of rotatable bonds is 5. The van der Waals surface area contributed by atoms with Crippen LogP contribution in [-0.2, 0) is 0 Å². The molecule has 2 rings (SSSR count). The Morgan fingerprint density at radius 2 is 1.95 bits per heavy atom. The maximum Gasteiger partial charge on any atom is 0.275 e. The quantitative estimate of drug-likeness (QED) is 0.918. The summed E-state index contributed by atoms with van der Waals surface area (Å²) in [6.07, 6.45) is 0. The van der Waals surface area contributed by atoms with Gasteiger partial charge in [-0.1, -0.05) is 13.8 Å². The van der Waals surface area contributed by atoms with Gasteiger partial charge in [0.1, 0.15) is 5.69 Å². The molecule has 0 fully saturated rings. The molecular weight excluding hydrogens is 288 g/mol. The lowest BCUT2D eigenvalue weighted by Crippen LogP contribution is -2.12. The number of methoxy groups -OCH3 is 2. The zero-order valence-corrected chi connectivity index (χ0v) is 13.3. The summed E-state index contributed by atoms with van der Waals surface area (Å²) in [7, 11) is 3.12. The average Bonchev–Trinajstić information content (AvgIpc) is 2.97. The molecule has 0 unspecified atom stereocenters. The second-order valence-electron chi connectivity index (χ2n) is 4.75. The van der Waals surface area contributed by atoms with Crippen molar-refractivity contribution in [3.8, 4) is 11.5 Å². The Morgan fingerprint density at radius 1 is 1.24 bits per heavy atom. The monoisotopic (exact) mass is 306 g/mol. The maximum absolute atomic E-state index is 12.2. The van der Waals surface area contributed by atoms with Gasteiger partial charge in [-0.3, -0.25) is 4.79 Å². The molecule has 6 heteroatoms. The predicted octanol–water partition coefficient (Wildman–Crippen LogP) is 3.54. The smallest absolute Gasteiger partial charge is 0.275 e. The molecule has 0 aliphatic heterocycles. The van der Waals surface area contributed by atoms with E-state index in [4.69, 9.17) is 9.47 Å². The molecule has 0 saturated carbocycles. The molecule has 0 aliphatic rings. The number of benzene rings is 1. The van der Waals surface area contributed by atoms with Crippen molar-refractivity contribution in [3.63, 3.8) is 0 Å². The molecule has 0 spiro atoms. The van der Waals surface area contributed by atoms with Gasteiger partial charge in [-0.2, -0.15) is 0 Å². The third kappa shape index (κ3) is 3.52. The maximum atomic E-state index is 12.2. The van der Waals surface area contributed by atoms with Gasteiger partial charge in [-0.25, -0.2) is 4.98 Å². The van der Waals surface area contributed by atoms with Crippen LogP contribution in [0.5, 0.6) is 11.5 Å². The zero-order valence-electron chi connectivity index (χ0n) is 12.5. The normalized spacial score (nSPS) is 10.5. The first-order valence-electron chi connectivity index (χ1n) is 6.54. The second kappa shape index (κ2) is 6.58. The van der Waals surface area contributed by atoms with Gasteiger partial charge in [0.2, 0.25) is 0 Å². The Labute approximate surface area is 127 Å². The van der Waals surface area contributed by atoms with Gasteiger partial charge in [0.15, 0.2) is 11.5 Å². The molecule has 21 heavy (non-hydrogen) atoms. The van der Waals surface area contributed by atoms with E-state index in [0.717, 1.165) is 5.01 Å². The molecule has 1 aromatic heterocycles. The highest BCUT2D eigenvalue weighted by atomic mass is 32.1. The van der Waals surface area contributed by atoms with E-state index in [1.807, 2.05) is 0 Å². The van der Waals surface area contributed by atoms with Crippen LogP contribution in [0, 0.1) is 0 Å². The number of carbonyl (C=O) groups is 1. The summed E-state index contributed by atoms with van der Waals surface area (Å²) >= 11 is 1.49. The van der Waals surface area contributed by atoms with E-state index in [2.05, 4.69) is 24.1 Å². The van der Waals surface area contributed by atoms with Crippen molar-refractivity contribution in [1.29, 1.82) is 0 Å². The van der Waals surface area contributed by atoms with Crippen molar-refractivity contribution >= 4 is 22.9 Å². The summed E-state index contributed by atoms with van der Waals surface area (Å²) < 4.78 is 10.4. The lowest BCUT2D eigenvalue weighted by atomic mass is 10.2. The molecule has 0 aliphatic carbocycles. The number of thiazole rings is 1. The van der Waals surface area contributed by atoms with Crippen LogP contribution in [0.3, 0.4) is 0 Å². The number of anilines is 1. The van der Waals surface area contributed by atoms with Crippen molar-refractivity contribution in [2.75, 3.05) is 19.5 Å². The molecule has 0 bridgehead atoms. The van der Waals surface area contributed by atoms with Gasteiger partial charge in [0, 0.05) is 23.1 Å². The molecule has 0 radical (unpaired) electrons. The molecule has 1 aromatic carbocycles. The van der Waals surface area contributed by atoms with E-state index >= 15 is 0 Å². The van der Waals surface area contributed by atoms with Gasteiger partial charge < -0.3 is 14.8 Å². The molecule has 1 heterocycles. The van der Waals surface area contributed by atoms with Crippen molar-refractivity contribution in [2.45, 2.75) is 19.8 Å². The standard InChI is InChI=1S/C15H18N2O3S/c1-9(2)15-17-11(8-21-15)14(18)16-10-5-6-12(19-3)13(7-10)20-4/h5-9H,1-4H3,(H,16,18). The highest BCUT2D eigenvalue weighted by molar-refractivity contribution is 7.09. The minimum absolute atomic E-state index is 0.231. The number of nitrogens with zero attached hydrogens (tertiary/aromatic N) is 1. The summed E-state index contributed by atoms with van der Waals surface area (Å²) in [6.45, 7) is 4.10.